The molecule has 17 nitrogen and oxygen atoms in total. The summed E-state index contributed by atoms with van der Waals surface area (Å²) in [6.07, 6.45) is -1.00. The molecule has 7 atom stereocenters. The fraction of sp³-hybridized carbons (Fsp3) is 0.579. The molecule has 1 saturated carbocycles. The van der Waals surface area contributed by atoms with E-state index in [4.69, 9.17) is 21.3 Å². The number of aliphatic hydroxyl groups is 5. The van der Waals surface area contributed by atoms with Gasteiger partial charge in [0.15, 0.2) is 17.4 Å². The molecule has 1 aliphatic carbocycles. The Morgan fingerprint density at radius 1 is 1.14 bits per heavy atom. The summed E-state index contributed by atoms with van der Waals surface area (Å²) < 4.78 is 8.00. The van der Waals surface area contributed by atoms with E-state index in [1.54, 1.807) is 4.57 Å². The van der Waals surface area contributed by atoms with Crippen LogP contribution in [0.2, 0.25) is 0 Å². The van der Waals surface area contributed by atoms with Crippen molar-refractivity contribution in [2.45, 2.75) is 37.0 Å². The average molecular weight is 509 g/mol. The van der Waals surface area contributed by atoms with Gasteiger partial charge in [0.2, 0.25) is 11.8 Å². The molecule has 4 heterocycles. The van der Waals surface area contributed by atoms with E-state index in [0.717, 1.165) is 17.4 Å². The van der Waals surface area contributed by atoms with Crippen molar-refractivity contribution in [3.05, 3.63) is 28.8 Å². The molecule has 10 N–H and O–H groups in total. The van der Waals surface area contributed by atoms with Crippen molar-refractivity contribution in [2.24, 2.45) is 17.6 Å². The zero-order chi connectivity index (χ0) is 26.1. The topological polar surface area (TPSA) is 274 Å². The summed E-state index contributed by atoms with van der Waals surface area (Å²) in [5.41, 5.74) is 10.8. The fourth-order valence-electron chi connectivity index (χ4n) is 4.37. The van der Waals surface area contributed by atoms with Crippen LogP contribution in [0.1, 0.15) is 29.3 Å². The maximum Gasteiger partial charge on any atom is 0.288 e. The summed E-state index contributed by atoms with van der Waals surface area (Å²) in [7, 11) is 0. The van der Waals surface area contributed by atoms with Crippen molar-refractivity contribution in [1.29, 1.82) is 0 Å². The van der Waals surface area contributed by atoms with Crippen molar-refractivity contribution in [3.8, 4) is 0 Å². The van der Waals surface area contributed by atoms with Crippen LogP contribution in [-0.4, -0.2) is 104 Å². The standard InChI is InChI=1S/C11H15N5O3.C8H12N4O5/c12-11-14-9-8(10(19)15-11)13-4-16(9)7-1-5(2-17)6(7)3-18;9-6(16)7-10-2-12(11-7)8-5(15)4(14)3(1-13)17-8/h4-7,17-18H,1-3H2,(H3,12,14,15,19);2-5,8,13-15H,1H2,(H2,9,16)/t5-,6-,7-;3-,4-,5-,8-/m11/s1. The molecule has 3 aromatic rings. The smallest absolute Gasteiger partial charge is 0.288 e. The molecule has 1 saturated heterocycles. The van der Waals surface area contributed by atoms with Crippen LogP contribution in [0.5, 0.6) is 0 Å². The van der Waals surface area contributed by atoms with Crippen LogP contribution in [0.3, 0.4) is 0 Å². The third kappa shape index (κ3) is 4.54. The highest BCUT2D eigenvalue weighted by molar-refractivity contribution is 5.88. The van der Waals surface area contributed by atoms with Crippen LogP contribution in [-0.2, 0) is 4.74 Å². The molecule has 0 spiro atoms. The Balaban J connectivity index is 0.000000170. The van der Waals surface area contributed by atoms with Crippen LogP contribution >= 0.6 is 0 Å². The summed E-state index contributed by atoms with van der Waals surface area (Å²) in [4.78, 5) is 36.6. The number of nitrogens with zero attached hydrogens (tertiary/aromatic N) is 6. The van der Waals surface area contributed by atoms with Gasteiger partial charge < -0.3 is 46.3 Å². The molecule has 196 valence electrons. The Morgan fingerprint density at radius 2 is 1.89 bits per heavy atom. The van der Waals surface area contributed by atoms with Gasteiger partial charge in [-0.05, 0) is 12.3 Å². The molecule has 17 heteroatoms. The van der Waals surface area contributed by atoms with Gasteiger partial charge in [0.1, 0.15) is 24.6 Å². The van der Waals surface area contributed by atoms with Gasteiger partial charge in [-0.3, -0.25) is 14.6 Å². The summed E-state index contributed by atoms with van der Waals surface area (Å²) >= 11 is 0. The van der Waals surface area contributed by atoms with Gasteiger partial charge in [0.05, 0.1) is 12.9 Å². The lowest BCUT2D eigenvalue weighted by Gasteiger charge is -2.43. The van der Waals surface area contributed by atoms with Gasteiger partial charge in [-0.1, -0.05) is 0 Å². The van der Waals surface area contributed by atoms with Crippen molar-refractivity contribution in [2.75, 3.05) is 25.6 Å². The molecule has 1 amide bonds. The van der Waals surface area contributed by atoms with Crippen molar-refractivity contribution in [3.63, 3.8) is 0 Å². The van der Waals surface area contributed by atoms with Gasteiger partial charge >= 0.3 is 0 Å². The van der Waals surface area contributed by atoms with Crippen molar-refractivity contribution >= 4 is 23.0 Å². The first-order valence-corrected chi connectivity index (χ1v) is 11.0. The lowest BCUT2D eigenvalue weighted by atomic mass is 9.70. The number of aromatic nitrogens is 7. The largest absolute Gasteiger partial charge is 0.396 e. The zero-order valence-corrected chi connectivity index (χ0v) is 18.8. The summed E-state index contributed by atoms with van der Waals surface area (Å²) in [6.45, 7) is -0.412. The lowest BCUT2D eigenvalue weighted by Crippen LogP contribution is -2.42. The Kier molecular flexibility index (Phi) is 7.29. The molecule has 2 aliphatic rings. The number of nitrogens with two attached hydrogens (primary N) is 2. The van der Waals surface area contributed by atoms with E-state index < -0.39 is 37.1 Å². The molecular weight excluding hydrogens is 482 g/mol. The van der Waals surface area contributed by atoms with Crippen LogP contribution in [0.15, 0.2) is 17.4 Å². The average Bonchev–Trinajstić information content (AvgIpc) is 3.54. The van der Waals surface area contributed by atoms with Gasteiger partial charge in [0, 0.05) is 25.2 Å². The highest BCUT2D eigenvalue weighted by Crippen LogP contribution is 2.44. The summed E-state index contributed by atoms with van der Waals surface area (Å²) in [5.74, 6) is -0.965. The molecule has 0 aromatic carbocycles. The van der Waals surface area contributed by atoms with E-state index in [9.17, 15) is 30.0 Å². The van der Waals surface area contributed by atoms with Crippen LogP contribution < -0.4 is 17.0 Å². The number of imidazole rings is 1. The number of fused-ring (bicyclic) bond motifs is 1. The van der Waals surface area contributed by atoms with E-state index >= 15 is 0 Å². The lowest BCUT2D eigenvalue weighted by molar-refractivity contribution is -0.0588. The molecule has 0 unspecified atom stereocenters. The number of rotatable bonds is 6. The van der Waals surface area contributed by atoms with Crippen LogP contribution in [0, 0.1) is 11.8 Å². The third-order valence-electron chi connectivity index (χ3n) is 6.40. The molecule has 5 rings (SSSR count). The van der Waals surface area contributed by atoms with Crippen LogP contribution in [0.25, 0.3) is 11.2 Å². The number of aliphatic hydroxyl groups excluding tert-OH is 5. The van der Waals surface area contributed by atoms with Gasteiger partial charge in [-0.15, -0.1) is 5.10 Å². The molecule has 0 radical (unpaired) electrons. The first-order valence-electron chi connectivity index (χ1n) is 11.0. The van der Waals surface area contributed by atoms with E-state index in [0.29, 0.717) is 5.65 Å². The summed E-state index contributed by atoms with van der Waals surface area (Å²) in [6, 6.07) is -0.0131. The highest BCUT2D eigenvalue weighted by atomic mass is 16.6. The van der Waals surface area contributed by atoms with E-state index in [-0.39, 0.29) is 53.9 Å². The number of primary amides is 1. The molecule has 2 fully saturated rings. The first-order chi connectivity index (χ1) is 17.2. The number of carbonyl (C=O) groups excluding carboxylic acids is 1. The second-order valence-corrected chi connectivity index (χ2v) is 8.51. The summed E-state index contributed by atoms with van der Waals surface area (Å²) in [5, 5.41) is 50.3. The maximum atomic E-state index is 11.7. The Labute approximate surface area is 202 Å². The predicted octanol–water partition coefficient (Wildman–Crippen LogP) is -4.15. The number of anilines is 1. The zero-order valence-electron chi connectivity index (χ0n) is 18.8. The number of nitrogens with one attached hydrogen (secondary N) is 1. The first kappa shape index (κ1) is 25.6. The quantitative estimate of drug-likeness (QED) is 0.157. The minimum absolute atomic E-state index is 0.0131. The monoisotopic (exact) mass is 509 g/mol. The van der Waals surface area contributed by atoms with E-state index in [2.05, 4.69) is 25.0 Å². The molecule has 1 aliphatic heterocycles. The van der Waals surface area contributed by atoms with Crippen LogP contribution in [0.4, 0.5) is 5.95 Å². The molecule has 3 aromatic heterocycles. The Bertz CT molecular complexity index is 1280. The molecule has 36 heavy (non-hydrogen) atoms. The minimum atomic E-state index is -1.27. The van der Waals surface area contributed by atoms with E-state index in [1.807, 2.05) is 0 Å². The third-order valence-corrected chi connectivity index (χ3v) is 6.40. The van der Waals surface area contributed by atoms with Gasteiger partial charge in [0.25, 0.3) is 11.5 Å². The van der Waals surface area contributed by atoms with Crippen molar-refractivity contribution in [1.82, 2.24) is 34.3 Å². The Morgan fingerprint density at radius 3 is 2.47 bits per heavy atom. The second kappa shape index (κ2) is 10.2. The number of ether oxygens (including phenoxy) is 1. The number of amides is 1. The molecular formula is C19H27N9O8. The number of hydrogen-bond donors (Lipinski definition) is 8. The van der Waals surface area contributed by atoms with Gasteiger partial charge in [-0.25, -0.2) is 14.6 Å². The SMILES string of the molecule is NC(=O)c1ncn([C@@H]2O[C@H](CO)[C@@H](O)[C@H]2O)n1.Nc1nc2c(ncn2[C@@H]2C[C@H](CO)[C@H]2CO)c(=O)[nH]1. The van der Waals surface area contributed by atoms with Gasteiger partial charge in [-0.2, -0.15) is 4.98 Å². The number of H-pyrrole nitrogens is 1. The highest BCUT2D eigenvalue weighted by Gasteiger charge is 2.44. The second-order valence-electron chi connectivity index (χ2n) is 8.51. The van der Waals surface area contributed by atoms with E-state index in [1.165, 1.54) is 6.33 Å². The number of nitrogen functional groups attached to an aromatic ring is 1. The molecule has 0 bridgehead atoms. The van der Waals surface area contributed by atoms with Crippen molar-refractivity contribution < 1.29 is 35.1 Å². The number of aromatic amines is 1. The number of carbonyl (C=O) groups is 1. The predicted molar refractivity (Wildman–Crippen MR) is 119 cm³/mol. The normalized spacial score (nSPS) is 29.5. The maximum absolute atomic E-state index is 11.7. The minimum Gasteiger partial charge on any atom is -0.396 e. The number of hydrogen-bond acceptors (Lipinski definition) is 13. The fourth-order valence-corrected chi connectivity index (χ4v) is 4.37. The Hall–Kier alpha value is -3.48.